The van der Waals surface area contributed by atoms with E-state index in [1.165, 1.54) is 0 Å². The van der Waals surface area contributed by atoms with Gasteiger partial charge in [0.15, 0.2) is 0 Å². The number of nitrogens with one attached hydrogen (secondary N) is 1. The molecule has 0 fully saturated rings. The molecule has 0 unspecified atom stereocenters. The van der Waals surface area contributed by atoms with E-state index in [-0.39, 0.29) is 5.91 Å². The molecule has 86 valence electrons. The molecule has 0 saturated heterocycles. The summed E-state index contributed by atoms with van der Waals surface area (Å²) in [5, 5.41) is 4.54. The first-order valence-corrected chi connectivity index (χ1v) is 5.53. The molecule has 1 aromatic carbocycles. The zero-order valence-electron chi connectivity index (χ0n) is 9.40. The van der Waals surface area contributed by atoms with Gasteiger partial charge >= 0.3 is 0 Å². The summed E-state index contributed by atoms with van der Waals surface area (Å²) in [6.45, 7) is 3.98. The van der Waals surface area contributed by atoms with Crippen LogP contribution >= 0.6 is 11.6 Å². The monoisotopic (exact) mass is 238 g/mol. The van der Waals surface area contributed by atoms with Crippen molar-refractivity contribution < 1.29 is 4.79 Å². The lowest BCUT2D eigenvalue weighted by molar-refractivity contribution is -0.121. The molecule has 4 heteroatoms. The third kappa shape index (κ3) is 4.94. The molecular formula is C12H15ClN2O. The quantitative estimate of drug-likeness (QED) is 0.636. The lowest BCUT2D eigenvalue weighted by Gasteiger charge is -2.01. The lowest BCUT2D eigenvalue weighted by Crippen LogP contribution is -2.19. The first-order chi connectivity index (χ1) is 7.58. The summed E-state index contributed by atoms with van der Waals surface area (Å²) in [7, 11) is 0. The standard InChI is InChI=1S/C12H15ClN2O/c1-9(2)7-12(16)15-14-8-10-3-5-11(13)6-4-10/h3-6,8-9H,7H2,1-2H3,(H,15,16). The Morgan fingerprint density at radius 1 is 1.44 bits per heavy atom. The van der Waals surface area contributed by atoms with E-state index >= 15 is 0 Å². The number of halogens is 1. The zero-order chi connectivity index (χ0) is 12.0. The van der Waals surface area contributed by atoms with E-state index in [4.69, 9.17) is 11.6 Å². The van der Waals surface area contributed by atoms with Crippen molar-refractivity contribution in [3.05, 3.63) is 34.9 Å². The van der Waals surface area contributed by atoms with E-state index in [9.17, 15) is 4.79 Å². The summed E-state index contributed by atoms with van der Waals surface area (Å²) >= 11 is 5.74. The molecule has 0 saturated carbocycles. The van der Waals surface area contributed by atoms with Gasteiger partial charge in [-0.25, -0.2) is 5.43 Å². The van der Waals surface area contributed by atoms with Gasteiger partial charge in [0, 0.05) is 11.4 Å². The minimum Gasteiger partial charge on any atom is -0.273 e. The van der Waals surface area contributed by atoms with Gasteiger partial charge < -0.3 is 0 Å². The topological polar surface area (TPSA) is 41.5 Å². The SMILES string of the molecule is CC(C)CC(=O)NN=Cc1ccc(Cl)cc1. The van der Waals surface area contributed by atoms with Gasteiger partial charge in [0.05, 0.1) is 6.21 Å². The summed E-state index contributed by atoms with van der Waals surface area (Å²) in [5.74, 6) is 0.269. The highest BCUT2D eigenvalue weighted by Gasteiger charge is 2.01. The Labute approximate surface area is 101 Å². The normalized spacial score (nSPS) is 11.0. The van der Waals surface area contributed by atoms with Crippen molar-refractivity contribution in [2.45, 2.75) is 20.3 Å². The van der Waals surface area contributed by atoms with Gasteiger partial charge in [-0.2, -0.15) is 5.10 Å². The molecule has 0 spiro atoms. The number of carbonyl (C=O) groups is 1. The molecule has 0 aromatic heterocycles. The fourth-order valence-electron chi connectivity index (χ4n) is 1.14. The van der Waals surface area contributed by atoms with Crippen LogP contribution in [0.4, 0.5) is 0 Å². The van der Waals surface area contributed by atoms with Gasteiger partial charge in [0.2, 0.25) is 5.91 Å². The van der Waals surface area contributed by atoms with E-state index in [1.54, 1.807) is 18.3 Å². The van der Waals surface area contributed by atoms with Crippen molar-refractivity contribution in [3.8, 4) is 0 Å². The average molecular weight is 239 g/mol. The number of hydrogen-bond acceptors (Lipinski definition) is 2. The molecule has 3 nitrogen and oxygen atoms in total. The van der Waals surface area contributed by atoms with Gasteiger partial charge in [0.25, 0.3) is 0 Å². The Morgan fingerprint density at radius 3 is 2.62 bits per heavy atom. The second-order valence-electron chi connectivity index (χ2n) is 3.94. The van der Waals surface area contributed by atoms with Crippen molar-refractivity contribution in [1.82, 2.24) is 5.43 Å². The number of benzene rings is 1. The maximum atomic E-state index is 11.3. The van der Waals surface area contributed by atoms with Crippen LogP contribution in [0.25, 0.3) is 0 Å². The summed E-state index contributed by atoms with van der Waals surface area (Å²) in [4.78, 5) is 11.3. The van der Waals surface area contributed by atoms with Crippen LogP contribution in [0.5, 0.6) is 0 Å². The molecule has 1 rings (SSSR count). The largest absolute Gasteiger partial charge is 0.273 e. The van der Waals surface area contributed by atoms with Crippen LogP contribution in [0.1, 0.15) is 25.8 Å². The smallest absolute Gasteiger partial charge is 0.240 e. The second-order valence-corrected chi connectivity index (χ2v) is 4.38. The number of carbonyl (C=O) groups excluding carboxylic acids is 1. The average Bonchev–Trinajstić information content (AvgIpc) is 2.20. The predicted octanol–water partition coefficient (Wildman–Crippen LogP) is 2.84. The number of hydrogen-bond donors (Lipinski definition) is 1. The fourth-order valence-corrected chi connectivity index (χ4v) is 1.27. The van der Waals surface area contributed by atoms with Crippen LogP contribution < -0.4 is 5.43 Å². The Kier molecular flexibility index (Phi) is 4.99. The first-order valence-electron chi connectivity index (χ1n) is 5.15. The molecule has 0 heterocycles. The molecule has 0 bridgehead atoms. The molecule has 0 radical (unpaired) electrons. The highest BCUT2D eigenvalue weighted by atomic mass is 35.5. The van der Waals surface area contributed by atoms with Gasteiger partial charge in [-0.15, -0.1) is 0 Å². The molecule has 16 heavy (non-hydrogen) atoms. The van der Waals surface area contributed by atoms with E-state index in [0.717, 1.165) is 5.56 Å². The highest BCUT2D eigenvalue weighted by Crippen LogP contribution is 2.07. The van der Waals surface area contributed by atoms with E-state index in [2.05, 4.69) is 10.5 Å². The number of hydrazone groups is 1. The number of nitrogens with zero attached hydrogens (tertiary/aromatic N) is 1. The van der Waals surface area contributed by atoms with Gasteiger partial charge in [-0.1, -0.05) is 37.6 Å². The Bertz CT molecular complexity index is 371. The molecule has 0 aliphatic heterocycles. The third-order valence-corrected chi connectivity index (χ3v) is 2.12. The molecule has 0 aliphatic rings. The van der Waals surface area contributed by atoms with Crippen LogP contribution in [0, 0.1) is 5.92 Å². The highest BCUT2D eigenvalue weighted by molar-refractivity contribution is 6.30. The Morgan fingerprint density at radius 2 is 2.06 bits per heavy atom. The van der Waals surface area contributed by atoms with Gasteiger partial charge in [-0.3, -0.25) is 4.79 Å². The lowest BCUT2D eigenvalue weighted by atomic mass is 10.1. The molecule has 0 atom stereocenters. The predicted molar refractivity (Wildman–Crippen MR) is 66.6 cm³/mol. The minimum atomic E-state index is -0.0692. The van der Waals surface area contributed by atoms with Crippen molar-refractivity contribution in [2.75, 3.05) is 0 Å². The van der Waals surface area contributed by atoms with Crippen molar-refractivity contribution in [1.29, 1.82) is 0 Å². The number of rotatable bonds is 4. The summed E-state index contributed by atoms with van der Waals surface area (Å²) in [6.07, 6.45) is 2.08. The maximum absolute atomic E-state index is 11.3. The van der Waals surface area contributed by atoms with E-state index in [0.29, 0.717) is 17.4 Å². The molecule has 0 aliphatic carbocycles. The number of amides is 1. The Balaban J connectivity index is 2.43. The molecule has 1 aromatic rings. The van der Waals surface area contributed by atoms with Crippen molar-refractivity contribution in [2.24, 2.45) is 11.0 Å². The van der Waals surface area contributed by atoms with Crippen LogP contribution in [0.15, 0.2) is 29.4 Å². The summed E-state index contributed by atoms with van der Waals surface area (Å²) in [6, 6.07) is 7.22. The minimum absolute atomic E-state index is 0.0692. The van der Waals surface area contributed by atoms with Crippen molar-refractivity contribution in [3.63, 3.8) is 0 Å². The summed E-state index contributed by atoms with van der Waals surface area (Å²) in [5.41, 5.74) is 3.37. The van der Waals surface area contributed by atoms with Gasteiger partial charge in [0.1, 0.15) is 0 Å². The van der Waals surface area contributed by atoms with Crippen molar-refractivity contribution >= 4 is 23.7 Å². The zero-order valence-corrected chi connectivity index (χ0v) is 10.2. The van der Waals surface area contributed by atoms with Gasteiger partial charge in [-0.05, 0) is 23.6 Å². The van der Waals surface area contributed by atoms with E-state index < -0.39 is 0 Å². The van der Waals surface area contributed by atoms with Crippen LogP contribution in [-0.4, -0.2) is 12.1 Å². The van der Waals surface area contributed by atoms with E-state index in [1.807, 2.05) is 26.0 Å². The molecule has 1 amide bonds. The molecule has 1 N–H and O–H groups in total. The summed E-state index contributed by atoms with van der Waals surface area (Å²) < 4.78 is 0. The first kappa shape index (κ1) is 12.7. The Hall–Kier alpha value is -1.35. The van der Waals surface area contributed by atoms with Crippen LogP contribution in [0.2, 0.25) is 5.02 Å². The molecular weight excluding hydrogens is 224 g/mol. The fraction of sp³-hybridized carbons (Fsp3) is 0.333. The van der Waals surface area contributed by atoms with Crippen LogP contribution in [0.3, 0.4) is 0 Å². The second kappa shape index (κ2) is 6.28. The third-order valence-electron chi connectivity index (χ3n) is 1.87. The maximum Gasteiger partial charge on any atom is 0.240 e. The van der Waals surface area contributed by atoms with Crippen LogP contribution in [-0.2, 0) is 4.79 Å².